The lowest BCUT2D eigenvalue weighted by molar-refractivity contribution is -0.120. The Bertz CT molecular complexity index is 1490. The average molecular weight is 527 g/mol. The van der Waals surface area contributed by atoms with Crippen molar-refractivity contribution < 1.29 is 14.4 Å². The van der Waals surface area contributed by atoms with Crippen molar-refractivity contribution in [3.8, 4) is 0 Å². The lowest BCUT2D eigenvalue weighted by Crippen LogP contribution is -2.46. The van der Waals surface area contributed by atoms with Gasteiger partial charge in [0.05, 0.1) is 29.3 Å². The summed E-state index contributed by atoms with van der Waals surface area (Å²) in [6.45, 7) is 1.96. The van der Waals surface area contributed by atoms with Crippen molar-refractivity contribution in [2.75, 3.05) is 10.6 Å². The summed E-state index contributed by atoms with van der Waals surface area (Å²) < 4.78 is 0. The van der Waals surface area contributed by atoms with Gasteiger partial charge in [0.25, 0.3) is 11.8 Å². The molecule has 2 N–H and O–H groups in total. The van der Waals surface area contributed by atoms with Crippen molar-refractivity contribution in [2.45, 2.75) is 25.9 Å². The van der Waals surface area contributed by atoms with Crippen molar-refractivity contribution in [3.05, 3.63) is 112 Å². The Morgan fingerprint density at radius 3 is 2.55 bits per heavy atom. The van der Waals surface area contributed by atoms with E-state index in [1.165, 1.54) is 11.1 Å². The number of carbonyl (C=O) groups is 3. The molecule has 10 heteroatoms. The van der Waals surface area contributed by atoms with Crippen LogP contribution in [0.3, 0.4) is 0 Å². The molecule has 1 atom stereocenters. The summed E-state index contributed by atoms with van der Waals surface area (Å²) in [5.74, 6) is -0.628. The van der Waals surface area contributed by atoms with Crippen LogP contribution < -0.4 is 10.6 Å². The number of pyridine rings is 1. The molecule has 3 heterocycles. The molecular weight excluding hydrogens is 504 g/mol. The van der Waals surface area contributed by atoms with E-state index in [-0.39, 0.29) is 30.7 Å². The maximum Gasteiger partial charge on any atom is 0.256 e. The number of aryl methyl sites for hydroxylation is 1. The SMILES string of the molecule is Cc1cnc(NC(=O)c2ccc(CN3C(=O)c4ccc(Cl)cc4NC(=O)[C@H]3Cc3ccccn3)cc2)cn1. The fourth-order valence-electron chi connectivity index (χ4n) is 4.17. The number of hydrogen-bond acceptors (Lipinski definition) is 6. The predicted octanol–water partition coefficient (Wildman–Crippen LogP) is 4.29. The standard InChI is InChI=1S/C28H23ClN6O3/c1-17-14-32-25(15-31-17)34-26(36)19-7-5-18(6-8-19)16-35-24(13-21-4-2-3-11-30-21)27(37)33-23-12-20(29)9-10-22(23)28(35)38/h2-12,14-15,24H,13,16H2,1H3,(H,33,37)(H,32,34,36)/t24-/m1/s1. The fraction of sp³-hybridized carbons (Fsp3) is 0.143. The first-order valence-corrected chi connectivity index (χ1v) is 12.3. The van der Waals surface area contributed by atoms with E-state index in [9.17, 15) is 14.4 Å². The number of fused-ring (bicyclic) bond motifs is 1. The van der Waals surface area contributed by atoms with Crippen molar-refractivity contribution in [3.63, 3.8) is 0 Å². The topological polar surface area (TPSA) is 117 Å². The number of carbonyl (C=O) groups excluding carboxylic acids is 3. The zero-order chi connectivity index (χ0) is 26.6. The third-order valence-corrected chi connectivity index (χ3v) is 6.36. The Hall–Kier alpha value is -4.63. The first-order chi connectivity index (χ1) is 18.4. The van der Waals surface area contributed by atoms with Crippen LogP contribution in [-0.4, -0.2) is 43.6 Å². The third kappa shape index (κ3) is 5.52. The Balaban J connectivity index is 1.40. The monoisotopic (exact) mass is 526 g/mol. The third-order valence-electron chi connectivity index (χ3n) is 6.13. The van der Waals surface area contributed by atoms with Crippen LogP contribution in [0.25, 0.3) is 0 Å². The summed E-state index contributed by atoms with van der Waals surface area (Å²) in [4.78, 5) is 53.8. The summed E-state index contributed by atoms with van der Waals surface area (Å²) >= 11 is 6.13. The molecule has 190 valence electrons. The van der Waals surface area contributed by atoms with Gasteiger partial charge in [0.15, 0.2) is 5.82 Å². The average Bonchev–Trinajstić information content (AvgIpc) is 3.00. The van der Waals surface area contributed by atoms with E-state index in [0.29, 0.717) is 33.3 Å². The van der Waals surface area contributed by atoms with Gasteiger partial charge in [-0.3, -0.25) is 24.4 Å². The molecule has 0 saturated carbocycles. The summed E-state index contributed by atoms with van der Waals surface area (Å²) in [5, 5.41) is 5.98. The van der Waals surface area contributed by atoms with E-state index >= 15 is 0 Å². The highest BCUT2D eigenvalue weighted by Crippen LogP contribution is 2.28. The first kappa shape index (κ1) is 25.0. The van der Waals surface area contributed by atoms with Crippen LogP contribution >= 0.6 is 11.6 Å². The first-order valence-electron chi connectivity index (χ1n) is 11.9. The molecule has 4 aromatic rings. The van der Waals surface area contributed by atoms with E-state index in [2.05, 4.69) is 25.6 Å². The van der Waals surface area contributed by atoms with E-state index < -0.39 is 6.04 Å². The van der Waals surface area contributed by atoms with Gasteiger partial charge in [-0.2, -0.15) is 0 Å². The highest BCUT2D eigenvalue weighted by molar-refractivity contribution is 6.31. The van der Waals surface area contributed by atoms with Crippen LogP contribution in [0.15, 0.2) is 79.3 Å². The lowest BCUT2D eigenvalue weighted by atomic mass is 10.0. The zero-order valence-corrected chi connectivity index (χ0v) is 21.1. The van der Waals surface area contributed by atoms with Crippen molar-refractivity contribution in [1.82, 2.24) is 19.9 Å². The van der Waals surface area contributed by atoms with Gasteiger partial charge in [0.2, 0.25) is 5.91 Å². The molecule has 0 spiro atoms. The molecular formula is C28H23ClN6O3. The molecule has 2 aromatic heterocycles. The number of hydrogen-bond donors (Lipinski definition) is 2. The van der Waals surface area contributed by atoms with Gasteiger partial charge in [-0.15, -0.1) is 0 Å². The molecule has 9 nitrogen and oxygen atoms in total. The Kier molecular flexibility index (Phi) is 7.10. The minimum absolute atomic E-state index is 0.150. The number of aromatic nitrogens is 3. The van der Waals surface area contributed by atoms with Crippen LogP contribution in [0.2, 0.25) is 5.02 Å². The molecule has 2 aromatic carbocycles. The van der Waals surface area contributed by atoms with E-state index in [4.69, 9.17) is 11.6 Å². The van der Waals surface area contributed by atoms with E-state index in [1.807, 2.05) is 19.1 Å². The second kappa shape index (κ2) is 10.8. The predicted molar refractivity (Wildman–Crippen MR) is 143 cm³/mol. The minimum Gasteiger partial charge on any atom is -0.323 e. The second-order valence-electron chi connectivity index (χ2n) is 8.85. The van der Waals surface area contributed by atoms with Crippen molar-refractivity contribution >= 4 is 40.8 Å². The largest absolute Gasteiger partial charge is 0.323 e. The van der Waals surface area contributed by atoms with Crippen molar-refractivity contribution in [1.29, 1.82) is 0 Å². The molecule has 1 aliphatic heterocycles. The maximum atomic E-state index is 13.7. The fourth-order valence-corrected chi connectivity index (χ4v) is 4.34. The summed E-state index contributed by atoms with van der Waals surface area (Å²) in [6.07, 6.45) is 4.94. The van der Waals surface area contributed by atoms with Crippen LogP contribution in [0, 0.1) is 6.92 Å². The summed E-state index contributed by atoms with van der Waals surface area (Å²) in [7, 11) is 0. The quantitative estimate of drug-likeness (QED) is 0.387. The van der Waals surface area contributed by atoms with Gasteiger partial charge in [-0.05, 0) is 55.0 Å². The second-order valence-corrected chi connectivity index (χ2v) is 9.28. The number of nitrogens with one attached hydrogen (secondary N) is 2. The van der Waals surface area contributed by atoms with Gasteiger partial charge < -0.3 is 15.5 Å². The highest BCUT2D eigenvalue weighted by atomic mass is 35.5. The normalized spacial score (nSPS) is 14.9. The molecule has 0 bridgehead atoms. The number of anilines is 2. The highest BCUT2D eigenvalue weighted by Gasteiger charge is 2.36. The van der Waals surface area contributed by atoms with Crippen molar-refractivity contribution in [2.24, 2.45) is 0 Å². The number of rotatable bonds is 6. The van der Waals surface area contributed by atoms with Gasteiger partial charge >= 0.3 is 0 Å². The van der Waals surface area contributed by atoms with E-state index in [1.54, 1.807) is 60.9 Å². The molecule has 0 aliphatic carbocycles. The van der Waals surface area contributed by atoms with Gasteiger partial charge in [-0.25, -0.2) is 4.98 Å². The molecule has 3 amide bonds. The van der Waals surface area contributed by atoms with Crippen LogP contribution in [0.1, 0.15) is 37.7 Å². The Labute approximate surface area is 223 Å². The van der Waals surface area contributed by atoms with Gasteiger partial charge in [-0.1, -0.05) is 29.8 Å². The minimum atomic E-state index is -0.813. The molecule has 0 fully saturated rings. The van der Waals surface area contributed by atoms with Gasteiger partial charge in [0.1, 0.15) is 6.04 Å². The lowest BCUT2D eigenvalue weighted by Gasteiger charge is -2.28. The maximum absolute atomic E-state index is 13.7. The smallest absolute Gasteiger partial charge is 0.256 e. The number of halogens is 1. The molecule has 1 aliphatic rings. The summed E-state index contributed by atoms with van der Waals surface area (Å²) in [5.41, 5.74) is 3.31. The van der Waals surface area contributed by atoms with Gasteiger partial charge in [0, 0.05) is 35.4 Å². The van der Waals surface area contributed by atoms with Crippen LogP contribution in [0.4, 0.5) is 11.5 Å². The molecule has 5 rings (SSSR count). The van der Waals surface area contributed by atoms with Crippen LogP contribution in [-0.2, 0) is 17.8 Å². The number of amides is 3. The Morgan fingerprint density at radius 1 is 1.03 bits per heavy atom. The van der Waals surface area contributed by atoms with Crippen LogP contribution in [0.5, 0.6) is 0 Å². The Morgan fingerprint density at radius 2 is 1.84 bits per heavy atom. The zero-order valence-electron chi connectivity index (χ0n) is 20.4. The number of benzene rings is 2. The molecule has 0 unspecified atom stereocenters. The molecule has 0 saturated heterocycles. The number of nitrogens with zero attached hydrogens (tertiary/aromatic N) is 4. The summed E-state index contributed by atoms with van der Waals surface area (Å²) in [6, 6.07) is 16.3. The molecule has 0 radical (unpaired) electrons. The molecule has 38 heavy (non-hydrogen) atoms. The van der Waals surface area contributed by atoms with E-state index in [0.717, 1.165) is 11.3 Å².